The van der Waals surface area contributed by atoms with Gasteiger partial charge < -0.3 is 10.4 Å². The molecule has 2 rings (SSSR count). The summed E-state index contributed by atoms with van der Waals surface area (Å²) in [7, 11) is 0. The van der Waals surface area contributed by atoms with Gasteiger partial charge >= 0.3 is 0 Å². The van der Waals surface area contributed by atoms with E-state index in [1.807, 2.05) is 6.07 Å². The van der Waals surface area contributed by atoms with Gasteiger partial charge in [-0.1, -0.05) is 11.6 Å². The number of hydrogen-bond donors (Lipinski definition) is 2. The minimum absolute atomic E-state index is 0.284. The molecular weight excluding hydrogens is 218 g/mol. The molecule has 1 aliphatic carbocycles. The Labute approximate surface area is 92.9 Å². The Morgan fingerprint density at radius 1 is 1.79 bits per heavy atom. The van der Waals surface area contributed by atoms with Crippen LogP contribution < -0.4 is 5.32 Å². The fraction of sp³-hybridized carbons (Fsp3) is 0.600. The number of halogens is 1. The molecule has 0 radical (unpaired) electrons. The van der Waals surface area contributed by atoms with Crippen LogP contribution in [0.5, 0.6) is 0 Å². The van der Waals surface area contributed by atoms with Crippen LogP contribution in [0.2, 0.25) is 4.34 Å². The summed E-state index contributed by atoms with van der Waals surface area (Å²) in [5.41, 5.74) is 1.33. The number of aryl methyl sites for hydroxylation is 1. The van der Waals surface area contributed by atoms with Gasteiger partial charge in [0.1, 0.15) is 0 Å². The van der Waals surface area contributed by atoms with Crippen molar-refractivity contribution in [3.05, 3.63) is 20.8 Å². The van der Waals surface area contributed by atoms with Crippen LogP contribution in [-0.4, -0.2) is 17.8 Å². The number of aliphatic hydroxyl groups excluding tert-OH is 1. The van der Waals surface area contributed by atoms with E-state index in [1.54, 1.807) is 18.3 Å². The number of rotatable bonds is 3. The molecule has 1 heterocycles. The van der Waals surface area contributed by atoms with Crippen LogP contribution in [0.3, 0.4) is 0 Å². The van der Waals surface area contributed by atoms with Crippen molar-refractivity contribution in [1.29, 1.82) is 0 Å². The maximum Gasteiger partial charge on any atom is 0.0934 e. The molecule has 2 atom stereocenters. The van der Waals surface area contributed by atoms with E-state index in [0.29, 0.717) is 12.6 Å². The zero-order valence-electron chi connectivity index (χ0n) is 8.09. The van der Waals surface area contributed by atoms with Gasteiger partial charge in [-0.2, -0.15) is 0 Å². The summed E-state index contributed by atoms with van der Waals surface area (Å²) in [6.07, 6.45) is 1.96. The van der Waals surface area contributed by atoms with Gasteiger partial charge in [0.05, 0.1) is 10.4 Å². The highest BCUT2D eigenvalue weighted by molar-refractivity contribution is 7.16. The van der Waals surface area contributed by atoms with Crippen LogP contribution in [0.4, 0.5) is 0 Å². The topological polar surface area (TPSA) is 32.3 Å². The van der Waals surface area contributed by atoms with E-state index >= 15 is 0 Å². The Balaban J connectivity index is 2.02. The summed E-state index contributed by atoms with van der Waals surface area (Å²) < 4.78 is 0.874. The van der Waals surface area contributed by atoms with Crippen molar-refractivity contribution in [1.82, 2.24) is 5.32 Å². The smallest absolute Gasteiger partial charge is 0.0934 e. The summed E-state index contributed by atoms with van der Waals surface area (Å²) in [6, 6.07) is 2.44. The second-order valence-electron chi connectivity index (χ2n) is 3.78. The third-order valence-electron chi connectivity index (χ3n) is 2.51. The SMILES string of the molecule is CC(O)CNC1CCc2sc(Cl)cc21. The highest BCUT2D eigenvalue weighted by Crippen LogP contribution is 2.39. The summed E-state index contributed by atoms with van der Waals surface area (Å²) >= 11 is 7.63. The summed E-state index contributed by atoms with van der Waals surface area (Å²) in [5.74, 6) is 0. The number of aliphatic hydroxyl groups is 1. The lowest BCUT2D eigenvalue weighted by Crippen LogP contribution is -2.27. The van der Waals surface area contributed by atoms with Crippen molar-refractivity contribution < 1.29 is 5.11 Å². The molecule has 4 heteroatoms. The highest BCUT2D eigenvalue weighted by atomic mass is 35.5. The average Bonchev–Trinajstić information content (AvgIpc) is 2.60. The predicted molar refractivity (Wildman–Crippen MR) is 60.1 cm³/mol. The van der Waals surface area contributed by atoms with Crippen molar-refractivity contribution in [3.63, 3.8) is 0 Å². The van der Waals surface area contributed by atoms with Gasteiger partial charge in [0.2, 0.25) is 0 Å². The van der Waals surface area contributed by atoms with Crippen LogP contribution >= 0.6 is 22.9 Å². The number of nitrogens with one attached hydrogen (secondary N) is 1. The Hall–Kier alpha value is -0.0900. The van der Waals surface area contributed by atoms with Crippen molar-refractivity contribution in [2.24, 2.45) is 0 Å². The minimum atomic E-state index is -0.284. The lowest BCUT2D eigenvalue weighted by atomic mass is 10.2. The Bertz CT molecular complexity index is 324. The second kappa shape index (κ2) is 4.19. The lowest BCUT2D eigenvalue weighted by molar-refractivity contribution is 0.186. The molecule has 2 nitrogen and oxygen atoms in total. The zero-order valence-corrected chi connectivity index (χ0v) is 9.66. The van der Waals surface area contributed by atoms with E-state index in [0.717, 1.165) is 17.2 Å². The number of fused-ring (bicyclic) bond motifs is 1. The van der Waals surface area contributed by atoms with Gasteiger partial charge in [-0.05, 0) is 31.4 Å². The van der Waals surface area contributed by atoms with Crippen molar-refractivity contribution >= 4 is 22.9 Å². The molecule has 1 aliphatic rings. The maximum absolute atomic E-state index is 9.18. The van der Waals surface area contributed by atoms with Crippen LogP contribution in [0.25, 0.3) is 0 Å². The van der Waals surface area contributed by atoms with Crippen LogP contribution in [-0.2, 0) is 6.42 Å². The van der Waals surface area contributed by atoms with Gasteiger partial charge in [0.25, 0.3) is 0 Å². The molecule has 0 saturated heterocycles. The first kappa shape index (κ1) is 10.4. The molecule has 78 valence electrons. The molecule has 1 aromatic rings. The largest absolute Gasteiger partial charge is 0.392 e. The van der Waals surface area contributed by atoms with Gasteiger partial charge in [-0.3, -0.25) is 0 Å². The van der Waals surface area contributed by atoms with E-state index in [9.17, 15) is 5.11 Å². The molecule has 0 aliphatic heterocycles. The van der Waals surface area contributed by atoms with E-state index in [1.165, 1.54) is 10.4 Å². The van der Waals surface area contributed by atoms with Crippen molar-refractivity contribution in [3.8, 4) is 0 Å². The Morgan fingerprint density at radius 2 is 2.57 bits per heavy atom. The molecule has 0 aromatic carbocycles. The third-order valence-corrected chi connectivity index (χ3v) is 3.85. The molecule has 0 saturated carbocycles. The standard InChI is InChI=1S/C10H14ClNOS/c1-6(13)5-12-8-2-3-9-7(8)4-10(11)14-9/h4,6,8,12-13H,2-3,5H2,1H3. The fourth-order valence-corrected chi connectivity index (χ4v) is 3.21. The normalized spacial score (nSPS) is 22.4. The van der Waals surface area contributed by atoms with E-state index in [2.05, 4.69) is 5.32 Å². The molecule has 0 fully saturated rings. The molecule has 1 aromatic heterocycles. The molecule has 2 unspecified atom stereocenters. The maximum atomic E-state index is 9.18. The van der Waals surface area contributed by atoms with Gasteiger partial charge in [-0.15, -0.1) is 11.3 Å². The van der Waals surface area contributed by atoms with Gasteiger partial charge in [0.15, 0.2) is 0 Å². The van der Waals surface area contributed by atoms with Gasteiger partial charge in [0, 0.05) is 17.5 Å². The molecule has 0 spiro atoms. The van der Waals surface area contributed by atoms with E-state index in [4.69, 9.17) is 11.6 Å². The van der Waals surface area contributed by atoms with Crippen LogP contribution in [0.1, 0.15) is 29.8 Å². The Kier molecular flexibility index (Phi) is 3.12. The second-order valence-corrected chi connectivity index (χ2v) is 5.55. The van der Waals surface area contributed by atoms with E-state index < -0.39 is 0 Å². The number of hydrogen-bond acceptors (Lipinski definition) is 3. The first-order chi connectivity index (χ1) is 6.66. The fourth-order valence-electron chi connectivity index (χ4n) is 1.85. The summed E-state index contributed by atoms with van der Waals surface area (Å²) in [4.78, 5) is 1.40. The molecule has 0 amide bonds. The highest BCUT2D eigenvalue weighted by Gasteiger charge is 2.24. The number of thiophene rings is 1. The quantitative estimate of drug-likeness (QED) is 0.837. The molecule has 2 N–H and O–H groups in total. The van der Waals surface area contributed by atoms with Crippen LogP contribution in [0.15, 0.2) is 6.07 Å². The molecule has 14 heavy (non-hydrogen) atoms. The average molecular weight is 232 g/mol. The van der Waals surface area contributed by atoms with Crippen LogP contribution in [0, 0.1) is 0 Å². The van der Waals surface area contributed by atoms with Crippen molar-refractivity contribution in [2.45, 2.75) is 31.9 Å². The zero-order chi connectivity index (χ0) is 10.1. The Morgan fingerprint density at radius 3 is 3.29 bits per heavy atom. The predicted octanol–water partition coefficient (Wildman–Crippen LogP) is 2.36. The van der Waals surface area contributed by atoms with Gasteiger partial charge in [-0.25, -0.2) is 0 Å². The lowest BCUT2D eigenvalue weighted by Gasteiger charge is -2.13. The first-order valence-electron chi connectivity index (χ1n) is 4.86. The molecule has 0 bridgehead atoms. The van der Waals surface area contributed by atoms with E-state index in [-0.39, 0.29) is 6.10 Å². The van der Waals surface area contributed by atoms with Crippen molar-refractivity contribution in [2.75, 3.05) is 6.54 Å². The monoisotopic (exact) mass is 231 g/mol. The summed E-state index contributed by atoms with van der Waals surface area (Å²) in [6.45, 7) is 2.45. The molecular formula is C10H14ClNOS. The minimum Gasteiger partial charge on any atom is -0.392 e. The third kappa shape index (κ3) is 2.11. The first-order valence-corrected chi connectivity index (χ1v) is 6.06. The summed E-state index contributed by atoms with van der Waals surface area (Å²) in [5, 5.41) is 12.5.